The zero-order valence-electron chi connectivity index (χ0n) is 15.2. The van der Waals surface area contributed by atoms with E-state index in [0.29, 0.717) is 13.2 Å². The molecule has 0 spiro atoms. The smallest absolute Gasteiger partial charge is 0.249 e. The summed E-state index contributed by atoms with van der Waals surface area (Å²) in [7, 11) is 0. The highest BCUT2D eigenvalue weighted by Crippen LogP contribution is 2.27. The summed E-state index contributed by atoms with van der Waals surface area (Å²) in [5.41, 5.74) is 3.01. The summed E-state index contributed by atoms with van der Waals surface area (Å²) < 4.78 is 5.40. The van der Waals surface area contributed by atoms with Crippen LogP contribution >= 0.6 is 0 Å². The van der Waals surface area contributed by atoms with Gasteiger partial charge in [-0.3, -0.25) is 9.59 Å². The fourth-order valence-electron chi connectivity index (χ4n) is 3.21. The molecule has 0 bridgehead atoms. The molecule has 1 aliphatic heterocycles. The molecular weight excluding hydrogens is 328 g/mol. The lowest BCUT2D eigenvalue weighted by molar-refractivity contribution is -0.126. The zero-order chi connectivity index (χ0) is 18.5. The van der Waals surface area contributed by atoms with Gasteiger partial charge in [-0.25, -0.2) is 0 Å². The number of carbonyl (C=O) groups excluding carboxylic acids is 2. The molecule has 1 N–H and O–H groups in total. The molecule has 0 unspecified atom stereocenters. The van der Waals surface area contributed by atoms with Crippen LogP contribution < -0.4 is 15.0 Å². The lowest BCUT2D eigenvalue weighted by atomic mass is 10.1. The minimum absolute atomic E-state index is 0.0741. The SMILES string of the molecule is CCOc1ccc(CC(=O)N[C@@H](C)C(=O)N2CCc3ccccc32)cc1. The van der Waals surface area contributed by atoms with Crippen LogP contribution in [0.4, 0.5) is 5.69 Å². The molecule has 0 fully saturated rings. The van der Waals surface area contributed by atoms with Gasteiger partial charge >= 0.3 is 0 Å². The number of anilines is 1. The Labute approximate surface area is 154 Å². The van der Waals surface area contributed by atoms with Crippen molar-refractivity contribution >= 4 is 17.5 Å². The molecule has 2 aromatic carbocycles. The van der Waals surface area contributed by atoms with E-state index in [0.717, 1.165) is 23.4 Å². The topological polar surface area (TPSA) is 58.6 Å². The Morgan fingerprint density at radius 2 is 1.88 bits per heavy atom. The molecular formula is C21H24N2O3. The molecule has 0 radical (unpaired) electrons. The van der Waals surface area contributed by atoms with Crippen LogP contribution in [-0.2, 0) is 22.4 Å². The van der Waals surface area contributed by atoms with Gasteiger partial charge in [-0.1, -0.05) is 30.3 Å². The molecule has 0 saturated heterocycles. The van der Waals surface area contributed by atoms with Gasteiger partial charge in [0.2, 0.25) is 11.8 Å². The lowest BCUT2D eigenvalue weighted by Gasteiger charge is -2.22. The highest BCUT2D eigenvalue weighted by molar-refractivity contribution is 6.00. The second kappa shape index (κ2) is 8.04. The number of nitrogens with one attached hydrogen (secondary N) is 1. The van der Waals surface area contributed by atoms with Crippen molar-refractivity contribution in [3.05, 3.63) is 59.7 Å². The van der Waals surface area contributed by atoms with E-state index in [2.05, 4.69) is 5.32 Å². The molecule has 1 atom stereocenters. The number of hydrogen-bond acceptors (Lipinski definition) is 3. The van der Waals surface area contributed by atoms with E-state index in [1.807, 2.05) is 55.5 Å². The number of nitrogens with zero attached hydrogens (tertiary/aromatic N) is 1. The van der Waals surface area contributed by atoms with E-state index < -0.39 is 6.04 Å². The van der Waals surface area contributed by atoms with E-state index in [-0.39, 0.29) is 18.2 Å². The number of benzene rings is 2. The summed E-state index contributed by atoms with van der Waals surface area (Å²) in [6.45, 7) is 4.94. The minimum Gasteiger partial charge on any atom is -0.494 e. The minimum atomic E-state index is -0.559. The van der Waals surface area contributed by atoms with Crippen LogP contribution in [0.25, 0.3) is 0 Å². The van der Waals surface area contributed by atoms with E-state index in [1.165, 1.54) is 5.56 Å². The molecule has 2 aromatic rings. The first-order valence-corrected chi connectivity index (χ1v) is 8.99. The monoisotopic (exact) mass is 352 g/mol. The number of amides is 2. The Kier molecular flexibility index (Phi) is 5.56. The van der Waals surface area contributed by atoms with Crippen LogP contribution in [0.15, 0.2) is 48.5 Å². The molecule has 0 saturated carbocycles. The molecule has 136 valence electrons. The molecule has 1 heterocycles. The van der Waals surface area contributed by atoms with Crippen LogP contribution in [0.1, 0.15) is 25.0 Å². The van der Waals surface area contributed by atoms with Crippen molar-refractivity contribution in [1.29, 1.82) is 0 Å². The molecule has 1 aliphatic rings. The van der Waals surface area contributed by atoms with Crippen molar-refractivity contribution in [3.8, 4) is 5.75 Å². The normalized spacial score (nSPS) is 13.8. The lowest BCUT2D eigenvalue weighted by Crippen LogP contribution is -2.47. The van der Waals surface area contributed by atoms with Crippen LogP contribution in [0.2, 0.25) is 0 Å². The van der Waals surface area contributed by atoms with E-state index in [4.69, 9.17) is 4.74 Å². The van der Waals surface area contributed by atoms with Crippen molar-refractivity contribution in [2.24, 2.45) is 0 Å². The van der Waals surface area contributed by atoms with Crippen LogP contribution in [0, 0.1) is 0 Å². The largest absolute Gasteiger partial charge is 0.494 e. The van der Waals surface area contributed by atoms with Crippen LogP contribution in [0.3, 0.4) is 0 Å². The first-order valence-electron chi connectivity index (χ1n) is 8.99. The third kappa shape index (κ3) is 4.04. The number of ether oxygens (including phenoxy) is 1. The Bertz CT molecular complexity index is 786. The maximum absolute atomic E-state index is 12.7. The maximum Gasteiger partial charge on any atom is 0.249 e. The zero-order valence-corrected chi connectivity index (χ0v) is 15.2. The van der Waals surface area contributed by atoms with E-state index >= 15 is 0 Å². The van der Waals surface area contributed by atoms with Gasteiger partial charge in [0, 0.05) is 12.2 Å². The predicted octanol–water partition coefficient (Wildman–Crippen LogP) is 2.72. The second-order valence-corrected chi connectivity index (χ2v) is 6.41. The average Bonchev–Trinajstić information content (AvgIpc) is 3.07. The molecule has 5 heteroatoms. The molecule has 0 aliphatic carbocycles. The molecule has 0 aromatic heterocycles. The number of hydrogen-bond donors (Lipinski definition) is 1. The number of fused-ring (bicyclic) bond motifs is 1. The summed E-state index contributed by atoms with van der Waals surface area (Å²) in [6, 6.07) is 14.8. The van der Waals surface area contributed by atoms with Gasteiger partial charge < -0.3 is 15.0 Å². The molecule has 2 amide bonds. The fourth-order valence-corrected chi connectivity index (χ4v) is 3.21. The quantitative estimate of drug-likeness (QED) is 0.870. The van der Waals surface area contributed by atoms with Gasteiger partial charge in [0.1, 0.15) is 11.8 Å². The molecule has 5 nitrogen and oxygen atoms in total. The molecule has 3 rings (SSSR count). The standard InChI is InChI=1S/C21H24N2O3/c1-3-26-18-10-8-16(9-11-18)14-20(24)22-15(2)21(25)23-13-12-17-6-4-5-7-19(17)23/h4-11,15H,3,12-14H2,1-2H3,(H,22,24)/t15-/m0/s1. The summed E-state index contributed by atoms with van der Waals surface area (Å²) in [5.74, 6) is 0.547. The van der Waals surface area contributed by atoms with Gasteiger partial charge in [0.25, 0.3) is 0 Å². The van der Waals surface area contributed by atoms with Gasteiger partial charge in [0.15, 0.2) is 0 Å². The first kappa shape index (κ1) is 18.0. The highest BCUT2D eigenvalue weighted by atomic mass is 16.5. The summed E-state index contributed by atoms with van der Waals surface area (Å²) in [6.07, 6.45) is 1.09. The predicted molar refractivity (Wildman–Crippen MR) is 101 cm³/mol. The Morgan fingerprint density at radius 1 is 1.15 bits per heavy atom. The van der Waals surface area contributed by atoms with Crippen molar-refractivity contribution in [1.82, 2.24) is 5.32 Å². The van der Waals surface area contributed by atoms with Crippen molar-refractivity contribution < 1.29 is 14.3 Å². The Morgan fingerprint density at radius 3 is 2.62 bits per heavy atom. The van der Waals surface area contributed by atoms with E-state index in [1.54, 1.807) is 11.8 Å². The highest BCUT2D eigenvalue weighted by Gasteiger charge is 2.28. The van der Waals surface area contributed by atoms with Gasteiger partial charge in [-0.2, -0.15) is 0 Å². The number of rotatable bonds is 6. The average molecular weight is 352 g/mol. The summed E-state index contributed by atoms with van der Waals surface area (Å²) >= 11 is 0. The third-order valence-electron chi connectivity index (χ3n) is 4.50. The fraction of sp³-hybridized carbons (Fsp3) is 0.333. The van der Waals surface area contributed by atoms with Gasteiger partial charge in [-0.05, 0) is 49.6 Å². The van der Waals surface area contributed by atoms with Crippen LogP contribution in [0.5, 0.6) is 5.75 Å². The van der Waals surface area contributed by atoms with Crippen molar-refractivity contribution in [2.45, 2.75) is 32.7 Å². The number of carbonyl (C=O) groups is 2. The molecule has 26 heavy (non-hydrogen) atoms. The van der Waals surface area contributed by atoms with Crippen molar-refractivity contribution in [3.63, 3.8) is 0 Å². The Balaban J connectivity index is 1.56. The third-order valence-corrected chi connectivity index (χ3v) is 4.50. The second-order valence-electron chi connectivity index (χ2n) is 6.41. The van der Waals surface area contributed by atoms with E-state index in [9.17, 15) is 9.59 Å². The summed E-state index contributed by atoms with van der Waals surface area (Å²) in [5, 5.41) is 2.81. The van der Waals surface area contributed by atoms with Gasteiger partial charge in [0.05, 0.1) is 13.0 Å². The Hall–Kier alpha value is -2.82. The first-order chi connectivity index (χ1) is 12.6. The van der Waals surface area contributed by atoms with Crippen LogP contribution in [-0.4, -0.2) is 31.0 Å². The summed E-state index contributed by atoms with van der Waals surface area (Å²) in [4.78, 5) is 26.8. The number of para-hydroxylation sites is 1. The van der Waals surface area contributed by atoms with Crippen molar-refractivity contribution in [2.75, 3.05) is 18.1 Å². The maximum atomic E-state index is 12.7. The van der Waals surface area contributed by atoms with Gasteiger partial charge in [-0.15, -0.1) is 0 Å².